The van der Waals surface area contributed by atoms with Gasteiger partial charge >= 0.3 is 0 Å². The lowest BCUT2D eigenvalue weighted by Gasteiger charge is -2.18. The van der Waals surface area contributed by atoms with Crippen LogP contribution in [0.2, 0.25) is 0 Å². The summed E-state index contributed by atoms with van der Waals surface area (Å²) in [6, 6.07) is 15.5. The molecule has 24 heavy (non-hydrogen) atoms. The number of hydrogen-bond donors (Lipinski definition) is 1. The molecule has 2 aromatic rings. The number of hydrogen-bond acceptors (Lipinski definition) is 4. The molecule has 0 aliphatic rings. The second-order valence-electron chi connectivity index (χ2n) is 5.47. The molecule has 0 fully saturated rings. The second-order valence-corrected chi connectivity index (χ2v) is 7.49. The minimum atomic E-state index is -3.22. The monoisotopic (exact) mass is 347 g/mol. The van der Waals surface area contributed by atoms with Crippen LogP contribution < -0.4 is 10.1 Å². The molecular weight excluding hydrogens is 326 g/mol. The Morgan fingerprint density at radius 2 is 1.71 bits per heavy atom. The molecule has 0 aliphatic carbocycles. The number of ether oxygens (including phenoxy) is 1. The average molecular weight is 347 g/mol. The smallest absolute Gasteiger partial charge is 0.258 e. The molecule has 0 aliphatic heterocycles. The van der Waals surface area contributed by atoms with Crippen LogP contribution in [0.4, 0.5) is 0 Å². The lowest BCUT2D eigenvalue weighted by Crippen LogP contribution is -2.32. The van der Waals surface area contributed by atoms with Crippen LogP contribution in [0.15, 0.2) is 59.5 Å². The molecule has 6 heteroatoms. The predicted octanol–water partition coefficient (Wildman–Crippen LogP) is 2.74. The normalized spacial score (nSPS) is 12.4. The van der Waals surface area contributed by atoms with Crippen molar-refractivity contribution in [1.82, 2.24) is 5.32 Å². The van der Waals surface area contributed by atoms with E-state index in [9.17, 15) is 13.2 Å². The Balaban J connectivity index is 1.97. The van der Waals surface area contributed by atoms with Crippen molar-refractivity contribution in [3.63, 3.8) is 0 Å². The van der Waals surface area contributed by atoms with Crippen molar-refractivity contribution in [1.29, 1.82) is 0 Å². The Bertz CT molecular complexity index is 770. The SMILES string of the molecule is CCC(NC(=O)COc1ccccc1)c1ccc(S(C)(=O)=O)cc1. The molecule has 5 nitrogen and oxygen atoms in total. The number of amides is 1. The highest BCUT2D eigenvalue weighted by atomic mass is 32.2. The van der Waals surface area contributed by atoms with E-state index in [-0.39, 0.29) is 23.5 Å². The van der Waals surface area contributed by atoms with Gasteiger partial charge in [0.05, 0.1) is 10.9 Å². The van der Waals surface area contributed by atoms with Crippen molar-refractivity contribution in [2.24, 2.45) is 0 Å². The van der Waals surface area contributed by atoms with Gasteiger partial charge in [-0.1, -0.05) is 37.3 Å². The summed E-state index contributed by atoms with van der Waals surface area (Å²) in [5.41, 5.74) is 0.859. The van der Waals surface area contributed by atoms with E-state index >= 15 is 0 Å². The maximum atomic E-state index is 12.1. The van der Waals surface area contributed by atoms with Crippen molar-refractivity contribution >= 4 is 15.7 Å². The summed E-state index contributed by atoms with van der Waals surface area (Å²) in [5, 5.41) is 2.90. The van der Waals surface area contributed by atoms with E-state index in [4.69, 9.17) is 4.74 Å². The van der Waals surface area contributed by atoms with E-state index in [1.165, 1.54) is 6.26 Å². The highest BCUT2D eigenvalue weighted by Gasteiger charge is 2.14. The first-order chi connectivity index (χ1) is 11.4. The Hall–Kier alpha value is -2.34. The summed E-state index contributed by atoms with van der Waals surface area (Å²) in [7, 11) is -3.22. The van der Waals surface area contributed by atoms with Crippen molar-refractivity contribution in [3.8, 4) is 5.75 Å². The fourth-order valence-electron chi connectivity index (χ4n) is 2.27. The van der Waals surface area contributed by atoms with Crippen LogP contribution in [-0.4, -0.2) is 27.2 Å². The molecule has 0 saturated heterocycles. The van der Waals surface area contributed by atoms with Crippen molar-refractivity contribution in [2.45, 2.75) is 24.3 Å². The van der Waals surface area contributed by atoms with E-state index in [1.54, 1.807) is 36.4 Å². The number of sulfone groups is 1. The summed E-state index contributed by atoms with van der Waals surface area (Å²) >= 11 is 0. The van der Waals surface area contributed by atoms with Crippen LogP contribution in [0, 0.1) is 0 Å². The maximum Gasteiger partial charge on any atom is 0.258 e. The van der Waals surface area contributed by atoms with Gasteiger partial charge in [0.25, 0.3) is 5.91 Å². The van der Waals surface area contributed by atoms with Gasteiger partial charge in [-0.3, -0.25) is 4.79 Å². The van der Waals surface area contributed by atoms with Crippen LogP contribution in [-0.2, 0) is 14.6 Å². The standard InChI is InChI=1S/C18H21NO4S/c1-3-17(14-9-11-16(12-10-14)24(2,21)22)19-18(20)13-23-15-7-5-4-6-8-15/h4-12,17H,3,13H2,1-2H3,(H,19,20). The van der Waals surface area contributed by atoms with Crippen LogP contribution in [0.5, 0.6) is 5.75 Å². The maximum absolute atomic E-state index is 12.1. The zero-order chi connectivity index (χ0) is 17.6. The summed E-state index contributed by atoms with van der Waals surface area (Å²) < 4.78 is 28.4. The van der Waals surface area contributed by atoms with Gasteiger partial charge in [-0.05, 0) is 36.2 Å². The predicted molar refractivity (Wildman–Crippen MR) is 92.7 cm³/mol. The van der Waals surface area contributed by atoms with Gasteiger partial charge in [0.15, 0.2) is 16.4 Å². The first-order valence-electron chi connectivity index (χ1n) is 7.67. The molecule has 0 bridgehead atoms. The molecule has 2 aromatic carbocycles. The number of carbonyl (C=O) groups is 1. The summed E-state index contributed by atoms with van der Waals surface area (Å²) in [6.07, 6.45) is 1.86. The Morgan fingerprint density at radius 1 is 1.08 bits per heavy atom. The van der Waals surface area contributed by atoms with E-state index in [0.29, 0.717) is 12.2 Å². The second kappa shape index (κ2) is 7.97. The molecule has 0 radical (unpaired) electrons. The molecule has 0 aromatic heterocycles. The molecule has 2 rings (SSSR count). The van der Waals surface area contributed by atoms with Crippen LogP contribution in [0.3, 0.4) is 0 Å². The highest BCUT2D eigenvalue weighted by Crippen LogP contribution is 2.19. The molecule has 0 heterocycles. The number of carbonyl (C=O) groups excluding carboxylic acids is 1. The molecule has 0 saturated carbocycles. The minimum Gasteiger partial charge on any atom is -0.484 e. The fourth-order valence-corrected chi connectivity index (χ4v) is 2.90. The Morgan fingerprint density at radius 3 is 2.25 bits per heavy atom. The zero-order valence-corrected chi connectivity index (χ0v) is 14.5. The third-order valence-corrected chi connectivity index (χ3v) is 4.70. The lowest BCUT2D eigenvalue weighted by atomic mass is 10.0. The van der Waals surface area contributed by atoms with Gasteiger partial charge in [-0.25, -0.2) is 8.42 Å². The largest absolute Gasteiger partial charge is 0.484 e. The molecule has 1 unspecified atom stereocenters. The topological polar surface area (TPSA) is 72.5 Å². The molecular formula is C18H21NO4S. The van der Waals surface area contributed by atoms with Gasteiger partial charge in [0, 0.05) is 6.26 Å². The van der Waals surface area contributed by atoms with E-state index in [1.807, 2.05) is 25.1 Å². The fraction of sp³-hybridized carbons (Fsp3) is 0.278. The van der Waals surface area contributed by atoms with Crippen molar-refractivity contribution < 1.29 is 17.9 Å². The summed E-state index contributed by atoms with van der Waals surface area (Å²) in [6.45, 7) is 1.88. The minimum absolute atomic E-state index is 0.0675. The molecule has 0 spiro atoms. The average Bonchev–Trinajstić information content (AvgIpc) is 2.58. The first kappa shape index (κ1) is 18.0. The van der Waals surface area contributed by atoms with Crippen molar-refractivity contribution in [2.75, 3.05) is 12.9 Å². The van der Waals surface area contributed by atoms with Gasteiger partial charge < -0.3 is 10.1 Å². The first-order valence-corrected chi connectivity index (χ1v) is 9.56. The number of rotatable bonds is 7. The molecule has 1 amide bonds. The molecule has 1 atom stereocenters. The number of benzene rings is 2. The summed E-state index contributed by atoms with van der Waals surface area (Å²) in [4.78, 5) is 12.3. The highest BCUT2D eigenvalue weighted by molar-refractivity contribution is 7.90. The van der Waals surface area contributed by atoms with Gasteiger partial charge in [-0.15, -0.1) is 0 Å². The Kier molecular flexibility index (Phi) is 5.98. The third kappa shape index (κ3) is 5.09. The Labute approximate surface area is 142 Å². The lowest BCUT2D eigenvalue weighted by molar-refractivity contribution is -0.123. The molecule has 128 valence electrons. The number of nitrogens with one attached hydrogen (secondary N) is 1. The quantitative estimate of drug-likeness (QED) is 0.836. The van der Waals surface area contributed by atoms with Gasteiger partial charge in [0.1, 0.15) is 5.75 Å². The van der Waals surface area contributed by atoms with E-state index < -0.39 is 9.84 Å². The van der Waals surface area contributed by atoms with E-state index in [2.05, 4.69) is 5.32 Å². The zero-order valence-electron chi connectivity index (χ0n) is 13.7. The van der Waals surface area contributed by atoms with E-state index in [0.717, 1.165) is 5.56 Å². The van der Waals surface area contributed by atoms with Crippen LogP contribution in [0.1, 0.15) is 24.9 Å². The van der Waals surface area contributed by atoms with Crippen LogP contribution >= 0.6 is 0 Å². The van der Waals surface area contributed by atoms with Crippen molar-refractivity contribution in [3.05, 3.63) is 60.2 Å². The summed E-state index contributed by atoms with van der Waals surface area (Å²) in [5.74, 6) is 0.413. The van der Waals surface area contributed by atoms with Crippen LogP contribution in [0.25, 0.3) is 0 Å². The van der Waals surface area contributed by atoms with Gasteiger partial charge in [-0.2, -0.15) is 0 Å². The third-order valence-electron chi connectivity index (χ3n) is 3.57. The van der Waals surface area contributed by atoms with Gasteiger partial charge in [0.2, 0.25) is 0 Å². The molecule has 1 N–H and O–H groups in total. The number of para-hydroxylation sites is 1.